The van der Waals surface area contributed by atoms with Gasteiger partial charge in [-0.25, -0.2) is 4.39 Å². The minimum Gasteiger partial charge on any atom is -0.481 e. The number of halogens is 1. The first kappa shape index (κ1) is 19.6. The molecule has 0 aliphatic heterocycles. The van der Waals surface area contributed by atoms with Crippen molar-refractivity contribution in [1.82, 2.24) is 5.32 Å². The second-order valence-electron chi connectivity index (χ2n) is 8.09. The number of aliphatic carboxylic acids is 1. The van der Waals surface area contributed by atoms with Gasteiger partial charge in [0.25, 0.3) is 0 Å². The fourth-order valence-electron chi connectivity index (χ4n) is 4.62. The quantitative estimate of drug-likeness (QED) is 0.576. The van der Waals surface area contributed by atoms with E-state index in [0.29, 0.717) is 17.3 Å². The molecule has 1 fully saturated rings. The molecule has 0 amide bonds. The molecule has 0 unspecified atom stereocenters. The van der Waals surface area contributed by atoms with Gasteiger partial charge < -0.3 is 10.4 Å². The summed E-state index contributed by atoms with van der Waals surface area (Å²) in [6.07, 6.45) is 3.35. The summed E-state index contributed by atoms with van der Waals surface area (Å²) in [6, 6.07) is 19.7. The van der Waals surface area contributed by atoms with Gasteiger partial charge in [0.15, 0.2) is 0 Å². The molecule has 3 aromatic carbocycles. The standard InChI is InChI=1S/C25H26FNO2/c1-16(21-12-13-24(26)23-5-3-2-4-22(21)23)27-20-11-10-19(15-20)18-8-6-17(7-9-18)14-25(28)29/h2-9,12-13,16,19-20,27H,10-11,14-15H2,1H3,(H,28,29)/t16-,19-,20+/m1/s1. The van der Waals surface area contributed by atoms with E-state index < -0.39 is 5.97 Å². The first-order valence-electron chi connectivity index (χ1n) is 10.2. The van der Waals surface area contributed by atoms with Gasteiger partial charge in [-0.15, -0.1) is 0 Å². The predicted octanol–water partition coefficient (Wildman–Crippen LogP) is 5.59. The van der Waals surface area contributed by atoms with Crippen molar-refractivity contribution >= 4 is 16.7 Å². The maximum absolute atomic E-state index is 14.1. The molecule has 3 nitrogen and oxygen atoms in total. The van der Waals surface area contributed by atoms with Crippen LogP contribution in [0.4, 0.5) is 4.39 Å². The second-order valence-corrected chi connectivity index (χ2v) is 8.09. The first-order chi connectivity index (χ1) is 14.0. The highest BCUT2D eigenvalue weighted by Gasteiger charge is 2.27. The van der Waals surface area contributed by atoms with Crippen LogP contribution in [-0.4, -0.2) is 17.1 Å². The van der Waals surface area contributed by atoms with Crippen LogP contribution < -0.4 is 5.32 Å². The number of carboxylic acids is 1. The zero-order valence-electron chi connectivity index (χ0n) is 16.6. The van der Waals surface area contributed by atoms with Crippen LogP contribution in [0.5, 0.6) is 0 Å². The lowest BCUT2D eigenvalue weighted by molar-refractivity contribution is -0.136. The number of hydrogen-bond donors (Lipinski definition) is 2. The summed E-state index contributed by atoms with van der Waals surface area (Å²) in [5.74, 6) is -0.488. The van der Waals surface area contributed by atoms with Crippen molar-refractivity contribution in [3.8, 4) is 0 Å². The Bertz CT molecular complexity index is 1020. The van der Waals surface area contributed by atoms with Gasteiger partial charge in [-0.05, 0) is 60.2 Å². The molecule has 3 atom stereocenters. The van der Waals surface area contributed by atoms with Crippen molar-refractivity contribution in [2.75, 3.05) is 0 Å². The average molecular weight is 391 g/mol. The van der Waals surface area contributed by atoms with Crippen molar-refractivity contribution in [3.05, 3.63) is 83.2 Å². The lowest BCUT2D eigenvalue weighted by atomic mass is 9.95. The van der Waals surface area contributed by atoms with E-state index in [4.69, 9.17) is 5.11 Å². The topological polar surface area (TPSA) is 49.3 Å². The normalized spacial score (nSPS) is 20.1. The Morgan fingerprint density at radius 1 is 1.07 bits per heavy atom. The Balaban J connectivity index is 1.43. The third-order valence-electron chi connectivity index (χ3n) is 6.10. The molecule has 3 aromatic rings. The number of carbonyl (C=O) groups is 1. The lowest BCUT2D eigenvalue weighted by Gasteiger charge is -2.22. The van der Waals surface area contributed by atoms with Crippen LogP contribution in [-0.2, 0) is 11.2 Å². The molecule has 0 spiro atoms. The van der Waals surface area contributed by atoms with Gasteiger partial charge in [-0.1, -0.05) is 54.6 Å². The minimum absolute atomic E-state index is 0.0677. The molecular formula is C25H26FNO2. The van der Waals surface area contributed by atoms with E-state index in [9.17, 15) is 9.18 Å². The number of rotatable bonds is 6. The molecule has 4 rings (SSSR count). The minimum atomic E-state index is -0.801. The summed E-state index contributed by atoms with van der Waals surface area (Å²) in [5, 5.41) is 14.3. The Kier molecular flexibility index (Phi) is 5.63. The molecule has 0 saturated heterocycles. The molecule has 1 aliphatic rings. The van der Waals surface area contributed by atoms with Gasteiger partial charge in [0, 0.05) is 17.5 Å². The third-order valence-corrected chi connectivity index (χ3v) is 6.10. The molecule has 2 N–H and O–H groups in total. The highest BCUT2D eigenvalue weighted by molar-refractivity contribution is 5.86. The van der Waals surface area contributed by atoms with Crippen LogP contribution in [0.15, 0.2) is 60.7 Å². The fourth-order valence-corrected chi connectivity index (χ4v) is 4.62. The van der Waals surface area contributed by atoms with Crippen molar-refractivity contribution in [2.45, 2.75) is 50.6 Å². The van der Waals surface area contributed by atoms with Crippen LogP contribution >= 0.6 is 0 Å². The molecule has 1 saturated carbocycles. The van der Waals surface area contributed by atoms with Gasteiger partial charge in [-0.2, -0.15) is 0 Å². The van der Waals surface area contributed by atoms with Crippen molar-refractivity contribution in [3.63, 3.8) is 0 Å². The fraction of sp³-hybridized carbons (Fsp3) is 0.320. The van der Waals surface area contributed by atoms with Gasteiger partial charge in [0.2, 0.25) is 0 Å². The van der Waals surface area contributed by atoms with Gasteiger partial charge in [0.05, 0.1) is 6.42 Å². The number of benzene rings is 3. The van der Waals surface area contributed by atoms with Crippen molar-refractivity contribution in [2.24, 2.45) is 0 Å². The molecule has 0 heterocycles. The molecule has 0 aromatic heterocycles. The maximum atomic E-state index is 14.1. The van der Waals surface area contributed by atoms with E-state index >= 15 is 0 Å². The number of fused-ring (bicyclic) bond motifs is 1. The Labute approximate surface area is 170 Å². The average Bonchev–Trinajstić information content (AvgIpc) is 3.17. The molecule has 0 bridgehead atoms. The van der Waals surface area contributed by atoms with Gasteiger partial charge >= 0.3 is 5.97 Å². The van der Waals surface area contributed by atoms with Crippen molar-refractivity contribution < 1.29 is 14.3 Å². The van der Waals surface area contributed by atoms with Crippen LogP contribution in [0.3, 0.4) is 0 Å². The van der Waals surface area contributed by atoms with Crippen LogP contribution in [0, 0.1) is 5.82 Å². The Hall–Kier alpha value is -2.72. The largest absolute Gasteiger partial charge is 0.481 e. The molecular weight excluding hydrogens is 365 g/mol. The SMILES string of the molecule is C[C@@H](N[C@H]1CC[C@@H](c2ccc(CC(=O)O)cc2)C1)c1ccc(F)c2ccccc12. The van der Waals surface area contributed by atoms with E-state index in [1.165, 1.54) is 5.56 Å². The van der Waals surface area contributed by atoms with E-state index in [-0.39, 0.29) is 18.3 Å². The molecule has 29 heavy (non-hydrogen) atoms. The predicted molar refractivity (Wildman–Crippen MR) is 114 cm³/mol. The second kappa shape index (κ2) is 8.34. The molecule has 4 heteroatoms. The number of nitrogens with one attached hydrogen (secondary N) is 1. The summed E-state index contributed by atoms with van der Waals surface area (Å²) in [5.41, 5.74) is 3.25. The number of hydrogen-bond acceptors (Lipinski definition) is 2. The highest BCUT2D eigenvalue weighted by atomic mass is 19.1. The van der Waals surface area contributed by atoms with Crippen LogP contribution in [0.2, 0.25) is 0 Å². The van der Waals surface area contributed by atoms with Crippen LogP contribution in [0.1, 0.15) is 54.8 Å². The van der Waals surface area contributed by atoms with Crippen molar-refractivity contribution in [1.29, 1.82) is 0 Å². The summed E-state index contributed by atoms with van der Waals surface area (Å²) in [4.78, 5) is 10.8. The first-order valence-corrected chi connectivity index (χ1v) is 10.2. The van der Waals surface area contributed by atoms with Gasteiger partial charge in [0.1, 0.15) is 5.82 Å². The maximum Gasteiger partial charge on any atom is 0.307 e. The van der Waals surface area contributed by atoms with Crippen LogP contribution in [0.25, 0.3) is 10.8 Å². The molecule has 1 aliphatic carbocycles. The van der Waals surface area contributed by atoms with E-state index in [1.807, 2.05) is 42.5 Å². The smallest absolute Gasteiger partial charge is 0.307 e. The Morgan fingerprint density at radius 2 is 1.79 bits per heavy atom. The van der Waals surface area contributed by atoms with Gasteiger partial charge in [-0.3, -0.25) is 4.79 Å². The third kappa shape index (κ3) is 4.33. The summed E-state index contributed by atoms with van der Waals surface area (Å²) < 4.78 is 14.1. The van der Waals surface area contributed by atoms with E-state index in [2.05, 4.69) is 24.4 Å². The summed E-state index contributed by atoms with van der Waals surface area (Å²) >= 11 is 0. The monoisotopic (exact) mass is 391 g/mol. The summed E-state index contributed by atoms with van der Waals surface area (Å²) in [7, 11) is 0. The Morgan fingerprint density at radius 3 is 2.52 bits per heavy atom. The molecule has 150 valence electrons. The van der Waals surface area contributed by atoms with E-state index in [1.54, 1.807) is 6.07 Å². The summed E-state index contributed by atoms with van der Waals surface area (Å²) in [6.45, 7) is 2.15. The molecule has 0 radical (unpaired) electrons. The van der Waals surface area contributed by atoms with E-state index in [0.717, 1.165) is 35.8 Å². The lowest BCUT2D eigenvalue weighted by Crippen LogP contribution is -2.29. The zero-order valence-corrected chi connectivity index (χ0v) is 16.6. The highest BCUT2D eigenvalue weighted by Crippen LogP contribution is 2.36. The number of carboxylic acid groups (broad SMARTS) is 1. The zero-order chi connectivity index (χ0) is 20.4.